The topological polar surface area (TPSA) is 0 Å². The number of halogens is 2. The van der Waals surface area contributed by atoms with Crippen LogP contribution in [-0.2, 0) is 104 Å². The van der Waals surface area contributed by atoms with Crippen molar-refractivity contribution in [2.24, 2.45) is 0 Å². The van der Waals surface area contributed by atoms with Crippen LogP contribution in [0.25, 0.3) is 0 Å². The summed E-state index contributed by atoms with van der Waals surface area (Å²) in [5.41, 5.74) is 18.7. The van der Waals surface area contributed by atoms with Crippen LogP contribution in [0.3, 0.4) is 0 Å². The summed E-state index contributed by atoms with van der Waals surface area (Å²) >= 11 is 0. The van der Waals surface area contributed by atoms with Gasteiger partial charge in [0.2, 0.25) is 0 Å². The van der Waals surface area contributed by atoms with Crippen molar-refractivity contribution in [3.63, 3.8) is 0 Å². The summed E-state index contributed by atoms with van der Waals surface area (Å²) in [6.45, 7) is 8.77. The van der Waals surface area contributed by atoms with E-state index < -0.39 is 0 Å². The molecule has 0 saturated carbocycles. The summed E-state index contributed by atoms with van der Waals surface area (Å²) in [6, 6.07) is 18.7. The van der Waals surface area contributed by atoms with Crippen LogP contribution < -0.4 is 24.8 Å². The molecular formula is C40H52Cl2Zr2-2. The Balaban J connectivity index is 0.000000285. The minimum absolute atomic E-state index is 0. The van der Waals surface area contributed by atoms with Crippen LogP contribution in [0.4, 0.5) is 0 Å². The van der Waals surface area contributed by atoms with Gasteiger partial charge in [0, 0.05) is 0 Å². The largest absolute Gasteiger partial charge is 2.00 e. The van der Waals surface area contributed by atoms with Crippen LogP contribution in [-0.4, -0.2) is 0 Å². The van der Waals surface area contributed by atoms with Gasteiger partial charge < -0.3 is 24.8 Å². The van der Waals surface area contributed by atoms with Crippen molar-refractivity contribution in [3.8, 4) is 0 Å². The van der Waals surface area contributed by atoms with Crippen LogP contribution in [0, 0.1) is 27.7 Å². The fraction of sp³-hybridized carbons (Fsp3) is 0.500. The van der Waals surface area contributed by atoms with E-state index in [9.17, 15) is 0 Å². The Kier molecular flexibility index (Phi) is 19.8. The Morgan fingerprint density at radius 2 is 0.523 bits per heavy atom. The second-order valence-electron chi connectivity index (χ2n) is 13.2. The zero-order valence-corrected chi connectivity index (χ0v) is 34.1. The molecule has 0 bridgehead atoms. The summed E-state index contributed by atoms with van der Waals surface area (Å²) in [5, 5.41) is 0. The fourth-order valence-electron chi connectivity index (χ4n) is 7.49. The molecule has 4 aliphatic carbocycles. The van der Waals surface area contributed by atoms with E-state index >= 15 is 0 Å². The van der Waals surface area contributed by atoms with E-state index in [1.54, 1.807) is 44.5 Å². The average Bonchev–Trinajstić information content (AvgIpc) is 3.71. The second kappa shape index (κ2) is 20.9. The van der Waals surface area contributed by atoms with Crippen molar-refractivity contribution in [2.75, 3.05) is 0 Å². The third-order valence-electron chi connectivity index (χ3n) is 9.43. The fourth-order valence-corrected chi connectivity index (χ4v) is 7.49. The van der Waals surface area contributed by atoms with Gasteiger partial charge in [0.05, 0.1) is 0 Å². The SMILES string of the molecule is Cc1cc2c([cH-]1)CCCC2.Cc1cc2c([cH-]1)CCCC2.Cc1cc2c([cH-]1)CCCC2.Cc1cc2c([cH-]1)CCCC2.[Cl-].[Cl-].[Zr+2].[Zr+2]. The van der Waals surface area contributed by atoms with E-state index in [4.69, 9.17) is 0 Å². The predicted molar refractivity (Wildman–Crippen MR) is 174 cm³/mol. The first-order chi connectivity index (χ1) is 19.4. The maximum atomic E-state index is 2.34. The minimum Gasteiger partial charge on any atom is -1.00 e. The normalized spacial score (nSPS) is 15.4. The Hall–Kier alpha value is -0.254. The van der Waals surface area contributed by atoms with Crippen LogP contribution in [0.2, 0.25) is 0 Å². The zero-order valence-electron chi connectivity index (χ0n) is 27.7. The first kappa shape index (κ1) is 41.8. The Bertz CT molecular complexity index is 1060. The first-order valence-corrected chi connectivity index (χ1v) is 16.4. The third-order valence-corrected chi connectivity index (χ3v) is 9.43. The summed E-state index contributed by atoms with van der Waals surface area (Å²) < 4.78 is 0. The van der Waals surface area contributed by atoms with E-state index in [1.165, 1.54) is 125 Å². The Morgan fingerprint density at radius 1 is 0.341 bits per heavy atom. The number of fused-ring (bicyclic) bond motifs is 4. The van der Waals surface area contributed by atoms with Crippen LogP contribution in [0.1, 0.15) is 118 Å². The Morgan fingerprint density at radius 3 is 0.705 bits per heavy atom. The zero-order chi connectivity index (χ0) is 27.9. The van der Waals surface area contributed by atoms with Gasteiger partial charge in [-0.15, -0.1) is 0 Å². The average molecular weight is 786 g/mol. The molecule has 4 aromatic carbocycles. The molecule has 4 aliphatic rings. The van der Waals surface area contributed by atoms with E-state index in [0.717, 1.165) is 0 Å². The van der Waals surface area contributed by atoms with Crippen molar-refractivity contribution in [3.05, 3.63) is 115 Å². The van der Waals surface area contributed by atoms with Crippen molar-refractivity contribution >= 4 is 0 Å². The maximum absolute atomic E-state index is 2.34. The quantitative estimate of drug-likeness (QED) is 0.233. The van der Waals surface area contributed by atoms with E-state index in [2.05, 4.69) is 76.2 Å². The summed E-state index contributed by atoms with van der Waals surface area (Å²) in [7, 11) is 0. The number of aryl methyl sites for hydroxylation is 12. The maximum Gasteiger partial charge on any atom is 2.00 e. The molecular weight excluding hydrogens is 734 g/mol. The van der Waals surface area contributed by atoms with Crippen LogP contribution in [0.5, 0.6) is 0 Å². The molecule has 0 saturated heterocycles. The van der Waals surface area contributed by atoms with Gasteiger partial charge in [-0.05, 0) is 0 Å². The van der Waals surface area contributed by atoms with Gasteiger partial charge in [-0.3, -0.25) is 0 Å². The molecule has 0 aliphatic heterocycles. The first-order valence-electron chi connectivity index (χ1n) is 16.4. The number of hydrogen-bond donors (Lipinski definition) is 0. The molecule has 0 amide bonds. The van der Waals surface area contributed by atoms with Gasteiger partial charge in [-0.25, -0.2) is 24.3 Å². The molecule has 0 spiro atoms. The summed E-state index contributed by atoms with van der Waals surface area (Å²) in [4.78, 5) is 0. The Labute approximate surface area is 320 Å². The predicted octanol–water partition coefficient (Wildman–Crippen LogP) is 4.37. The summed E-state index contributed by atoms with van der Waals surface area (Å²) in [6.07, 6.45) is 21.8. The second-order valence-corrected chi connectivity index (χ2v) is 13.2. The molecule has 8 rings (SSSR count). The van der Waals surface area contributed by atoms with Gasteiger partial charge in [0.1, 0.15) is 0 Å². The monoisotopic (exact) mass is 782 g/mol. The molecule has 0 nitrogen and oxygen atoms in total. The van der Waals surface area contributed by atoms with Gasteiger partial charge in [-0.2, -0.15) is 91.0 Å². The van der Waals surface area contributed by atoms with Gasteiger partial charge in [0.15, 0.2) is 0 Å². The molecule has 0 unspecified atom stereocenters. The molecule has 0 atom stereocenters. The molecule has 4 heteroatoms. The molecule has 236 valence electrons. The molecule has 0 heterocycles. The molecule has 0 N–H and O–H groups in total. The van der Waals surface area contributed by atoms with Crippen molar-refractivity contribution in [2.45, 2.75) is 130 Å². The molecule has 44 heavy (non-hydrogen) atoms. The molecule has 4 aromatic rings. The van der Waals surface area contributed by atoms with Crippen LogP contribution in [0.15, 0.2) is 48.5 Å². The third kappa shape index (κ3) is 12.1. The van der Waals surface area contributed by atoms with E-state index in [1.807, 2.05) is 0 Å². The van der Waals surface area contributed by atoms with E-state index in [-0.39, 0.29) is 77.2 Å². The summed E-state index contributed by atoms with van der Waals surface area (Å²) in [5.74, 6) is 0. The van der Waals surface area contributed by atoms with Gasteiger partial charge in [0.25, 0.3) is 0 Å². The molecule has 0 radical (unpaired) electrons. The molecule has 0 fully saturated rings. The van der Waals surface area contributed by atoms with Gasteiger partial charge >= 0.3 is 52.4 Å². The van der Waals surface area contributed by atoms with Crippen molar-refractivity contribution < 1.29 is 77.2 Å². The smallest absolute Gasteiger partial charge is 1.00 e. The standard InChI is InChI=1S/4C10H13.2ClH.2Zr/c4*1-8-6-9-4-2-3-5-10(9)7-8;;;;/h4*6-7H,2-5H2,1H3;2*1H;;/q4*-1;;;2*+2/p-2. The number of hydrogen-bond acceptors (Lipinski definition) is 0. The minimum atomic E-state index is 0. The van der Waals surface area contributed by atoms with E-state index in [0.29, 0.717) is 0 Å². The van der Waals surface area contributed by atoms with Crippen LogP contribution >= 0.6 is 0 Å². The van der Waals surface area contributed by atoms with Crippen molar-refractivity contribution in [1.82, 2.24) is 0 Å². The van der Waals surface area contributed by atoms with Crippen molar-refractivity contribution in [1.29, 1.82) is 0 Å². The number of rotatable bonds is 0. The molecule has 0 aromatic heterocycles. The van der Waals surface area contributed by atoms with Gasteiger partial charge in [-0.1, -0.05) is 130 Å².